The fourth-order valence-electron chi connectivity index (χ4n) is 2.87. The highest BCUT2D eigenvalue weighted by Crippen LogP contribution is 2.33. The molecule has 4 rings (SSSR count). The lowest BCUT2D eigenvalue weighted by atomic mass is 10.1. The summed E-state index contributed by atoms with van der Waals surface area (Å²) in [5.41, 5.74) is -0.360. The molecule has 0 bridgehead atoms. The zero-order valence-electron chi connectivity index (χ0n) is 15.1. The van der Waals surface area contributed by atoms with E-state index in [-0.39, 0.29) is 11.4 Å². The number of para-hydroxylation sites is 2. The Morgan fingerprint density at radius 2 is 1.86 bits per heavy atom. The monoisotopic (exact) mass is 417 g/mol. The molecule has 6 nitrogen and oxygen atoms in total. The van der Waals surface area contributed by atoms with Crippen molar-refractivity contribution in [3.63, 3.8) is 0 Å². The van der Waals surface area contributed by atoms with Gasteiger partial charge >= 0.3 is 6.18 Å². The first-order valence-corrected chi connectivity index (χ1v) is 9.46. The summed E-state index contributed by atoms with van der Waals surface area (Å²) in [4.78, 5) is 18.8. The van der Waals surface area contributed by atoms with Gasteiger partial charge in [-0.25, -0.2) is 9.67 Å². The van der Waals surface area contributed by atoms with Gasteiger partial charge in [0.15, 0.2) is 10.8 Å². The smallest absolute Gasteiger partial charge is 0.283 e. The number of hydrogen-bond donors (Lipinski definition) is 0. The number of hydrogen-bond acceptors (Lipinski definition) is 5. The summed E-state index contributed by atoms with van der Waals surface area (Å²) in [6.45, 7) is 2.11. The Bertz CT molecular complexity index is 1150. The Balaban J connectivity index is 1.68. The average Bonchev–Trinajstić information content (AvgIpc) is 3.35. The van der Waals surface area contributed by atoms with Gasteiger partial charge in [0.25, 0.3) is 5.91 Å². The first-order valence-electron chi connectivity index (χ1n) is 8.65. The van der Waals surface area contributed by atoms with Crippen LogP contribution < -0.4 is 4.90 Å². The van der Waals surface area contributed by atoms with Crippen LogP contribution in [-0.2, 0) is 6.18 Å². The maximum Gasteiger partial charge on any atom is 0.418 e. The van der Waals surface area contributed by atoms with Crippen molar-refractivity contribution in [3.05, 3.63) is 66.0 Å². The molecule has 0 spiro atoms. The molecule has 1 amide bonds. The Morgan fingerprint density at radius 3 is 2.59 bits per heavy atom. The third-order valence-electron chi connectivity index (χ3n) is 4.24. The Labute approximate surface area is 167 Å². The fourth-order valence-corrected chi connectivity index (χ4v) is 3.90. The van der Waals surface area contributed by atoms with E-state index < -0.39 is 17.6 Å². The molecule has 0 saturated carbocycles. The van der Waals surface area contributed by atoms with Crippen LogP contribution in [0, 0.1) is 0 Å². The second-order valence-electron chi connectivity index (χ2n) is 6.08. The van der Waals surface area contributed by atoms with Crippen LogP contribution in [-0.4, -0.2) is 32.4 Å². The highest BCUT2D eigenvalue weighted by atomic mass is 32.1. The quantitative estimate of drug-likeness (QED) is 0.488. The first-order chi connectivity index (χ1) is 13.9. The minimum atomic E-state index is -4.55. The molecule has 0 aliphatic carbocycles. The molecule has 0 N–H and O–H groups in total. The third kappa shape index (κ3) is 3.58. The van der Waals surface area contributed by atoms with Gasteiger partial charge in [-0.15, -0.1) is 5.10 Å². The summed E-state index contributed by atoms with van der Waals surface area (Å²) in [5.74, 6) is -0.484. The van der Waals surface area contributed by atoms with E-state index in [4.69, 9.17) is 0 Å². The number of anilines is 1. The zero-order valence-corrected chi connectivity index (χ0v) is 15.9. The first kappa shape index (κ1) is 19.1. The summed E-state index contributed by atoms with van der Waals surface area (Å²) in [6, 6.07) is 12.5. The van der Waals surface area contributed by atoms with Gasteiger partial charge in [0.05, 0.1) is 27.7 Å². The van der Waals surface area contributed by atoms with Crippen molar-refractivity contribution < 1.29 is 18.0 Å². The molecule has 0 unspecified atom stereocenters. The number of fused-ring (bicyclic) bond motifs is 1. The number of aromatic nitrogens is 4. The minimum Gasteiger partial charge on any atom is -0.283 e. The molecule has 0 saturated heterocycles. The summed E-state index contributed by atoms with van der Waals surface area (Å²) in [7, 11) is 0. The van der Waals surface area contributed by atoms with Gasteiger partial charge in [-0.05, 0) is 31.2 Å². The molecule has 2 aromatic heterocycles. The van der Waals surface area contributed by atoms with Crippen molar-refractivity contribution in [1.29, 1.82) is 0 Å². The van der Waals surface area contributed by atoms with Crippen molar-refractivity contribution in [3.8, 4) is 5.69 Å². The van der Waals surface area contributed by atoms with Crippen LogP contribution in [0.15, 0.2) is 54.7 Å². The topological polar surface area (TPSA) is 63.9 Å². The highest BCUT2D eigenvalue weighted by Gasteiger charge is 2.34. The Kier molecular flexibility index (Phi) is 4.79. The van der Waals surface area contributed by atoms with E-state index in [0.717, 1.165) is 21.0 Å². The second-order valence-corrected chi connectivity index (χ2v) is 7.09. The van der Waals surface area contributed by atoms with Gasteiger partial charge in [0.1, 0.15) is 0 Å². The van der Waals surface area contributed by atoms with Crippen LogP contribution in [0.1, 0.15) is 23.0 Å². The molecule has 0 aliphatic heterocycles. The number of rotatable bonds is 4. The van der Waals surface area contributed by atoms with Crippen LogP contribution in [0.2, 0.25) is 0 Å². The number of carbonyl (C=O) groups is 1. The molecule has 29 heavy (non-hydrogen) atoms. The van der Waals surface area contributed by atoms with Gasteiger partial charge < -0.3 is 0 Å². The number of thiazole rings is 1. The number of nitrogens with zero attached hydrogens (tertiary/aromatic N) is 5. The molecular weight excluding hydrogens is 403 g/mol. The standard InChI is InChI=1S/C19H14F3N5OS/c1-2-26(18-23-13-8-4-6-10-16(13)29-18)17(28)14-11-27(25-24-14)15-9-5-3-7-12(15)19(20,21)22/h3-11H,2H2,1H3. The van der Waals surface area contributed by atoms with Gasteiger partial charge in [-0.3, -0.25) is 9.69 Å². The van der Waals surface area contributed by atoms with Gasteiger partial charge in [0.2, 0.25) is 0 Å². The summed E-state index contributed by atoms with van der Waals surface area (Å²) >= 11 is 1.35. The largest absolute Gasteiger partial charge is 0.418 e. The maximum atomic E-state index is 13.3. The lowest BCUT2D eigenvalue weighted by molar-refractivity contribution is -0.137. The maximum absolute atomic E-state index is 13.3. The molecule has 0 atom stereocenters. The predicted octanol–water partition coefficient (Wildman–Crippen LogP) is 4.56. The second kappa shape index (κ2) is 7.28. The van der Waals surface area contributed by atoms with Crippen molar-refractivity contribution in [1.82, 2.24) is 20.0 Å². The minimum absolute atomic E-state index is 0.0666. The molecule has 4 aromatic rings. The molecule has 148 valence electrons. The number of amides is 1. The molecule has 2 heterocycles. The van der Waals surface area contributed by atoms with E-state index in [2.05, 4.69) is 15.3 Å². The summed E-state index contributed by atoms with van der Waals surface area (Å²) in [5, 5.41) is 8.02. The van der Waals surface area contributed by atoms with Crippen molar-refractivity contribution in [2.45, 2.75) is 13.1 Å². The van der Waals surface area contributed by atoms with Crippen molar-refractivity contribution in [2.75, 3.05) is 11.4 Å². The van der Waals surface area contributed by atoms with Gasteiger partial charge in [-0.1, -0.05) is 40.8 Å². The van der Waals surface area contributed by atoms with Crippen molar-refractivity contribution >= 4 is 32.6 Å². The summed E-state index contributed by atoms with van der Waals surface area (Å²) in [6.07, 6.45) is -3.36. The van der Waals surface area contributed by atoms with E-state index in [0.29, 0.717) is 11.7 Å². The zero-order chi connectivity index (χ0) is 20.6. The van der Waals surface area contributed by atoms with Gasteiger partial charge in [-0.2, -0.15) is 13.2 Å². The number of benzene rings is 2. The predicted molar refractivity (Wildman–Crippen MR) is 103 cm³/mol. The van der Waals surface area contributed by atoms with E-state index in [1.165, 1.54) is 40.6 Å². The Morgan fingerprint density at radius 1 is 1.14 bits per heavy atom. The lowest BCUT2D eigenvalue weighted by Gasteiger charge is -2.15. The normalized spacial score (nSPS) is 11.7. The number of carbonyl (C=O) groups excluding carboxylic acids is 1. The van der Waals surface area contributed by atoms with Crippen LogP contribution in [0.3, 0.4) is 0 Å². The third-order valence-corrected chi connectivity index (χ3v) is 5.30. The Hall–Kier alpha value is -3.27. The number of halogens is 3. The SMILES string of the molecule is CCN(C(=O)c1cn(-c2ccccc2C(F)(F)F)nn1)c1nc2ccccc2s1. The average molecular weight is 417 g/mol. The van der Waals surface area contributed by atoms with E-state index in [9.17, 15) is 18.0 Å². The molecule has 0 fully saturated rings. The molecular formula is C19H14F3N5OS. The molecule has 0 radical (unpaired) electrons. The van der Waals surface area contributed by atoms with E-state index in [1.54, 1.807) is 6.92 Å². The number of alkyl halides is 3. The van der Waals surface area contributed by atoms with Crippen LogP contribution in [0.25, 0.3) is 15.9 Å². The molecule has 0 aliphatic rings. The van der Waals surface area contributed by atoms with Crippen LogP contribution >= 0.6 is 11.3 Å². The summed E-state index contributed by atoms with van der Waals surface area (Å²) < 4.78 is 41.7. The van der Waals surface area contributed by atoms with Crippen LogP contribution in [0.5, 0.6) is 0 Å². The molecule has 2 aromatic carbocycles. The highest BCUT2D eigenvalue weighted by molar-refractivity contribution is 7.22. The van der Waals surface area contributed by atoms with E-state index >= 15 is 0 Å². The molecule has 10 heteroatoms. The van der Waals surface area contributed by atoms with Gasteiger partial charge in [0, 0.05) is 6.54 Å². The van der Waals surface area contributed by atoms with Crippen LogP contribution in [0.4, 0.5) is 18.3 Å². The fraction of sp³-hybridized carbons (Fsp3) is 0.158. The van der Waals surface area contributed by atoms with E-state index in [1.807, 2.05) is 24.3 Å². The lowest BCUT2D eigenvalue weighted by Crippen LogP contribution is -2.30. The van der Waals surface area contributed by atoms with Crippen molar-refractivity contribution in [2.24, 2.45) is 0 Å².